The van der Waals surface area contributed by atoms with E-state index < -0.39 is 0 Å². The van der Waals surface area contributed by atoms with E-state index in [2.05, 4.69) is 13.2 Å². The SMILES string of the molecule is C=C(C)COCCCCCCCCOC(=O)C(=C)C. The van der Waals surface area contributed by atoms with Crippen LogP contribution in [0.1, 0.15) is 52.4 Å². The van der Waals surface area contributed by atoms with Gasteiger partial charge in [-0.3, -0.25) is 0 Å². The summed E-state index contributed by atoms with van der Waals surface area (Å²) in [4.78, 5) is 11.1. The highest BCUT2D eigenvalue weighted by atomic mass is 16.5. The van der Waals surface area contributed by atoms with Gasteiger partial charge in [-0.25, -0.2) is 4.79 Å². The molecule has 0 N–H and O–H groups in total. The van der Waals surface area contributed by atoms with Crippen LogP contribution in [0.4, 0.5) is 0 Å². The van der Waals surface area contributed by atoms with Crippen molar-refractivity contribution in [3.05, 3.63) is 24.3 Å². The Morgan fingerprint density at radius 2 is 1.42 bits per heavy atom. The van der Waals surface area contributed by atoms with E-state index in [1.165, 1.54) is 19.3 Å². The molecule has 0 aliphatic rings. The van der Waals surface area contributed by atoms with Gasteiger partial charge in [0.25, 0.3) is 0 Å². The fourth-order valence-electron chi connectivity index (χ4n) is 1.55. The molecule has 0 radical (unpaired) electrons. The normalized spacial score (nSPS) is 10.2. The number of carbonyl (C=O) groups is 1. The lowest BCUT2D eigenvalue weighted by Crippen LogP contribution is -2.06. The molecule has 0 aliphatic carbocycles. The molecule has 0 aromatic rings. The molecule has 0 aliphatic heterocycles. The molecule has 0 spiro atoms. The molecule has 0 unspecified atom stereocenters. The molecule has 0 fully saturated rings. The highest BCUT2D eigenvalue weighted by Gasteiger charge is 2.01. The maximum absolute atomic E-state index is 11.1. The predicted octanol–water partition coefficient (Wildman–Crippen LogP) is 4.04. The summed E-state index contributed by atoms with van der Waals surface area (Å²) in [5.74, 6) is -0.283. The van der Waals surface area contributed by atoms with Crippen LogP contribution >= 0.6 is 0 Å². The van der Waals surface area contributed by atoms with Crippen molar-refractivity contribution in [2.75, 3.05) is 19.8 Å². The van der Waals surface area contributed by atoms with Crippen molar-refractivity contribution < 1.29 is 14.3 Å². The molecule has 0 aromatic carbocycles. The fourth-order valence-corrected chi connectivity index (χ4v) is 1.55. The Hall–Kier alpha value is -1.09. The van der Waals surface area contributed by atoms with E-state index in [1.54, 1.807) is 6.92 Å². The zero-order valence-corrected chi connectivity index (χ0v) is 12.5. The lowest BCUT2D eigenvalue weighted by atomic mass is 10.1. The molecule has 110 valence electrons. The lowest BCUT2D eigenvalue weighted by molar-refractivity contribution is -0.139. The number of ether oxygens (including phenoxy) is 2. The Morgan fingerprint density at radius 1 is 0.895 bits per heavy atom. The average molecular weight is 268 g/mol. The lowest BCUT2D eigenvalue weighted by Gasteiger charge is -2.05. The second-order valence-electron chi connectivity index (χ2n) is 5.05. The van der Waals surface area contributed by atoms with E-state index in [0.717, 1.165) is 31.4 Å². The smallest absolute Gasteiger partial charge is 0.333 e. The minimum absolute atomic E-state index is 0.283. The van der Waals surface area contributed by atoms with Crippen molar-refractivity contribution in [2.45, 2.75) is 52.4 Å². The molecule has 0 heterocycles. The number of carbonyl (C=O) groups excluding carboxylic acids is 1. The first kappa shape index (κ1) is 17.9. The highest BCUT2D eigenvalue weighted by molar-refractivity contribution is 5.86. The zero-order valence-electron chi connectivity index (χ0n) is 12.5. The Bertz CT molecular complexity index is 282. The minimum atomic E-state index is -0.283. The van der Waals surface area contributed by atoms with Crippen molar-refractivity contribution in [1.29, 1.82) is 0 Å². The van der Waals surface area contributed by atoms with Crippen molar-refractivity contribution in [1.82, 2.24) is 0 Å². The first-order valence-electron chi connectivity index (χ1n) is 7.08. The molecule has 0 aromatic heterocycles. The quantitative estimate of drug-likeness (QED) is 0.232. The number of esters is 1. The molecule has 0 amide bonds. The van der Waals surface area contributed by atoms with Gasteiger partial charge in [0.15, 0.2) is 0 Å². The van der Waals surface area contributed by atoms with Crippen molar-refractivity contribution >= 4 is 5.97 Å². The zero-order chi connectivity index (χ0) is 14.5. The third-order valence-corrected chi connectivity index (χ3v) is 2.61. The first-order valence-corrected chi connectivity index (χ1v) is 7.08. The van der Waals surface area contributed by atoms with Gasteiger partial charge in [-0.1, -0.05) is 44.4 Å². The fraction of sp³-hybridized carbons (Fsp3) is 0.688. The minimum Gasteiger partial charge on any atom is -0.462 e. The summed E-state index contributed by atoms with van der Waals surface area (Å²) >= 11 is 0. The van der Waals surface area contributed by atoms with Gasteiger partial charge in [-0.15, -0.1) is 0 Å². The van der Waals surface area contributed by atoms with Gasteiger partial charge in [-0.2, -0.15) is 0 Å². The van der Waals surface area contributed by atoms with Crippen LogP contribution in [0.2, 0.25) is 0 Å². The summed E-state index contributed by atoms with van der Waals surface area (Å²) in [6, 6.07) is 0. The van der Waals surface area contributed by atoms with Gasteiger partial charge in [0.1, 0.15) is 0 Å². The van der Waals surface area contributed by atoms with Gasteiger partial charge in [0.05, 0.1) is 13.2 Å². The molecule has 0 saturated heterocycles. The van der Waals surface area contributed by atoms with E-state index in [1.807, 2.05) is 6.92 Å². The molecule has 0 rings (SSSR count). The number of hydrogen-bond acceptors (Lipinski definition) is 3. The Balaban J connectivity index is 3.13. The molecule has 3 nitrogen and oxygen atoms in total. The van der Waals surface area contributed by atoms with E-state index in [0.29, 0.717) is 18.8 Å². The van der Waals surface area contributed by atoms with E-state index in [4.69, 9.17) is 9.47 Å². The van der Waals surface area contributed by atoms with Crippen LogP contribution in [0.15, 0.2) is 24.3 Å². The average Bonchev–Trinajstić information content (AvgIpc) is 2.35. The molecule has 3 heteroatoms. The van der Waals surface area contributed by atoms with Crippen LogP contribution in [-0.2, 0) is 14.3 Å². The summed E-state index contributed by atoms with van der Waals surface area (Å²) in [6.45, 7) is 13.0. The highest BCUT2D eigenvalue weighted by Crippen LogP contribution is 2.06. The number of rotatable bonds is 12. The van der Waals surface area contributed by atoms with Crippen molar-refractivity contribution in [3.8, 4) is 0 Å². The summed E-state index contributed by atoms with van der Waals surface area (Å²) in [7, 11) is 0. The van der Waals surface area contributed by atoms with Gasteiger partial charge >= 0.3 is 5.97 Å². The van der Waals surface area contributed by atoms with Crippen LogP contribution in [0.3, 0.4) is 0 Å². The summed E-state index contributed by atoms with van der Waals surface area (Å²) in [5, 5.41) is 0. The van der Waals surface area contributed by atoms with Crippen LogP contribution < -0.4 is 0 Å². The van der Waals surface area contributed by atoms with E-state index in [-0.39, 0.29) is 5.97 Å². The number of hydrogen-bond donors (Lipinski definition) is 0. The van der Waals surface area contributed by atoms with Crippen LogP contribution in [0.25, 0.3) is 0 Å². The molecule has 0 bridgehead atoms. The van der Waals surface area contributed by atoms with Crippen LogP contribution in [-0.4, -0.2) is 25.8 Å². The summed E-state index contributed by atoms with van der Waals surface area (Å²) in [6.07, 6.45) is 6.75. The Kier molecular flexibility index (Phi) is 11.3. The van der Waals surface area contributed by atoms with Crippen molar-refractivity contribution in [3.63, 3.8) is 0 Å². The largest absolute Gasteiger partial charge is 0.462 e. The summed E-state index contributed by atoms with van der Waals surface area (Å²) in [5.41, 5.74) is 1.54. The van der Waals surface area contributed by atoms with Gasteiger partial charge in [-0.05, 0) is 26.7 Å². The number of unbranched alkanes of at least 4 members (excludes halogenated alkanes) is 5. The maximum atomic E-state index is 11.1. The van der Waals surface area contributed by atoms with Crippen LogP contribution in [0, 0.1) is 0 Å². The Morgan fingerprint density at radius 3 is 1.95 bits per heavy atom. The monoisotopic (exact) mass is 268 g/mol. The van der Waals surface area contributed by atoms with Crippen molar-refractivity contribution in [2.24, 2.45) is 0 Å². The molecule has 19 heavy (non-hydrogen) atoms. The predicted molar refractivity (Wildman–Crippen MR) is 79.1 cm³/mol. The van der Waals surface area contributed by atoms with E-state index in [9.17, 15) is 4.79 Å². The van der Waals surface area contributed by atoms with Gasteiger partial charge < -0.3 is 9.47 Å². The Labute approximate surface area is 117 Å². The second-order valence-corrected chi connectivity index (χ2v) is 5.05. The molecular weight excluding hydrogens is 240 g/mol. The third kappa shape index (κ3) is 13.1. The molecular formula is C16H28O3. The van der Waals surface area contributed by atoms with Gasteiger partial charge in [0, 0.05) is 12.2 Å². The standard InChI is InChI=1S/C16H28O3/c1-14(2)13-18-11-9-7-5-6-8-10-12-19-16(17)15(3)4/h1,3,5-13H2,2,4H3. The second kappa shape index (κ2) is 12.0. The first-order chi connectivity index (χ1) is 9.04. The van der Waals surface area contributed by atoms with E-state index >= 15 is 0 Å². The topological polar surface area (TPSA) is 35.5 Å². The third-order valence-electron chi connectivity index (χ3n) is 2.61. The summed E-state index contributed by atoms with van der Waals surface area (Å²) < 4.78 is 10.4. The molecule has 0 atom stereocenters. The molecule has 0 saturated carbocycles. The maximum Gasteiger partial charge on any atom is 0.333 e. The van der Waals surface area contributed by atoms with Gasteiger partial charge in [0.2, 0.25) is 0 Å². The van der Waals surface area contributed by atoms with Crippen LogP contribution in [0.5, 0.6) is 0 Å².